The van der Waals surface area contributed by atoms with Gasteiger partial charge in [-0.1, -0.05) is 48.0 Å². The summed E-state index contributed by atoms with van der Waals surface area (Å²) in [6, 6.07) is 20.7. The molecule has 0 fully saturated rings. The van der Waals surface area contributed by atoms with Crippen LogP contribution in [0, 0.1) is 0 Å². The first-order valence-corrected chi connectivity index (χ1v) is 9.12. The molecule has 1 heterocycles. The molecule has 2 aromatic carbocycles. The second-order valence-electron chi connectivity index (χ2n) is 5.14. The smallest absolute Gasteiger partial charge is 0.245 e. The fraction of sp³-hybridized carbons (Fsp3) is 0.0556. The van der Waals surface area contributed by atoms with Crippen LogP contribution in [0.2, 0.25) is 5.02 Å². The summed E-state index contributed by atoms with van der Waals surface area (Å²) in [5.74, 6) is 0.372. The molecule has 0 aliphatic carbocycles. The molecule has 1 aromatic heterocycles. The third kappa shape index (κ3) is 3.58. The van der Waals surface area contributed by atoms with Crippen LogP contribution in [0.1, 0.15) is 5.56 Å². The molecule has 0 unspecified atom stereocenters. The van der Waals surface area contributed by atoms with Gasteiger partial charge in [0.15, 0.2) is 0 Å². The van der Waals surface area contributed by atoms with Gasteiger partial charge in [0.25, 0.3) is 10.0 Å². The van der Waals surface area contributed by atoms with Crippen molar-refractivity contribution in [2.75, 3.05) is 4.31 Å². The number of aromatic nitrogens is 1. The number of pyridine rings is 1. The summed E-state index contributed by atoms with van der Waals surface area (Å²) in [6.45, 7) is 0.197. The highest BCUT2D eigenvalue weighted by atomic mass is 35.5. The van der Waals surface area contributed by atoms with Crippen LogP contribution in [0.25, 0.3) is 0 Å². The molecule has 0 spiro atoms. The molecule has 4 nitrogen and oxygen atoms in total. The van der Waals surface area contributed by atoms with E-state index in [1.165, 1.54) is 16.4 Å². The fourth-order valence-electron chi connectivity index (χ4n) is 2.27. The summed E-state index contributed by atoms with van der Waals surface area (Å²) in [6.07, 6.45) is 1.57. The molecule has 0 radical (unpaired) electrons. The number of rotatable bonds is 5. The highest BCUT2D eigenvalue weighted by Crippen LogP contribution is 2.25. The molecule has 3 aromatic rings. The Morgan fingerprint density at radius 1 is 0.875 bits per heavy atom. The van der Waals surface area contributed by atoms with E-state index in [1.807, 2.05) is 30.3 Å². The van der Waals surface area contributed by atoms with Gasteiger partial charge in [0.05, 0.1) is 11.4 Å². The van der Waals surface area contributed by atoms with Crippen LogP contribution in [0.3, 0.4) is 0 Å². The minimum absolute atomic E-state index is 0.175. The Morgan fingerprint density at radius 3 is 2.17 bits per heavy atom. The van der Waals surface area contributed by atoms with Crippen LogP contribution in [0.4, 0.5) is 5.82 Å². The number of sulfonamides is 1. The number of anilines is 1. The van der Waals surface area contributed by atoms with E-state index in [-0.39, 0.29) is 11.4 Å². The largest absolute Gasteiger partial charge is 0.265 e. The SMILES string of the molecule is O=S(=O)(c1ccc(Cl)cc1)N(Cc1ccccc1)c1ccccn1. The first-order chi connectivity index (χ1) is 11.6. The normalized spacial score (nSPS) is 11.2. The van der Waals surface area contributed by atoms with Crippen molar-refractivity contribution in [1.82, 2.24) is 4.98 Å². The number of benzene rings is 2. The lowest BCUT2D eigenvalue weighted by molar-refractivity contribution is 0.590. The van der Waals surface area contributed by atoms with Gasteiger partial charge in [0.2, 0.25) is 0 Å². The maximum Gasteiger partial charge on any atom is 0.265 e. The van der Waals surface area contributed by atoms with Crippen LogP contribution in [0.5, 0.6) is 0 Å². The van der Waals surface area contributed by atoms with Crippen molar-refractivity contribution in [3.63, 3.8) is 0 Å². The molecule has 3 rings (SSSR count). The Balaban J connectivity index is 2.05. The molecule has 122 valence electrons. The lowest BCUT2D eigenvalue weighted by Gasteiger charge is -2.23. The minimum Gasteiger partial charge on any atom is -0.245 e. The van der Waals surface area contributed by atoms with Crippen molar-refractivity contribution in [2.24, 2.45) is 0 Å². The fourth-order valence-corrected chi connectivity index (χ4v) is 3.81. The van der Waals surface area contributed by atoms with Crippen LogP contribution < -0.4 is 4.31 Å². The Morgan fingerprint density at radius 2 is 1.54 bits per heavy atom. The van der Waals surface area contributed by atoms with Gasteiger partial charge in [-0.25, -0.2) is 17.7 Å². The van der Waals surface area contributed by atoms with E-state index in [0.29, 0.717) is 10.8 Å². The molecule has 0 atom stereocenters. The van der Waals surface area contributed by atoms with Crippen molar-refractivity contribution >= 4 is 27.4 Å². The summed E-state index contributed by atoms with van der Waals surface area (Å²) in [5, 5.41) is 0.487. The van der Waals surface area contributed by atoms with Crippen LogP contribution >= 0.6 is 11.6 Å². The molecule has 0 N–H and O–H groups in total. The average Bonchev–Trinajstić information content (AvgIpc) is 2.61. The van der Waals surface area contributed by atoms with Crippen LogP contribution in [-0.2, 0) is 16.6 Å². The maximum atomic E-state index is 13.1. The second kappa shape index (κ2) is 7.03. The number of nitrogens with zero attached hydrogens (tertiary/aromatic N) is 2. The molecule has 0 saturated carbocycles. The Labute approximate surface area is 146 Å². The van der Waals surface area contributed by atoms with E-state index >= 15 is 0 Å². The van der Waals surface area contributed by atoms with E-state index in [0.717, 1.165) is 5.56 Å². The first-order valence-electron chi connectivity index (χ1n) is 7.30. The molecular formula is C18H15ClN2O2S. The van der Waals surface area contributed by atoms with Gasteiger partial charge in [-0.3, -0.25) is 0 Å². The maximum absolute atomic E-state index is 13.1. The number of halogens is 1. The first kappa shape index (κ1) is 16.5. The Bertz CT molecular complexity index is 899. The molecule has 0 aliphatic heterocycles. The quantitative estimate of drug-likeness (QED) is 0.689. The van der Waals surface area contributed by atoms with Crippen molar-refractivity contribution in [1.29, 1.82) is 0 Å². The number of hydrogen-bond donors (Lipinski definition) is 0. The highest BCUT2D eigenvalue weighted by molar-refractivity contribution is 7.92. The van der Waals surface area contributed by atoms with Crippen LogP contribution in [0.15, 0.2) is 83.9 Å². The van der Waals surface area contributed by atoms with Crippen LogP contribution in [-0.4, -0.2) is 13.4 Å². The van der Waals surface area contributed by atoms with Crippen molar-refractivity contribution < 1.29 is 8.42 Å². The zero-order chi connectivity index (χ0) is 17.0. The summed E-state index contributed by atoms with van der Waals surface area (Å²) in [7, 11) is -3.76. The van der Waals surface area contributed by atoms with Gasteiger partial charge in [-0.05, 0) is 42.0 Å². The molecule has 0 aliphatic rings. The van der Waals surface area contributed by atoms with Crippen molar-refractivity contribution in [3.05, 3.63) is 89.6 Å². The third-order valence-electron chi connectivity index (χ3n) is 3.48. The monoisotopic (exact) mass is 358 g/mol. The summed E-state index contributed by atoms with van der Waals surface area (Å²) in [4.78, 5) is 4.38. The lowest BCUT2D eigenvalue weighted by Crippen LogP contribution is -2.31. The van der Waals surface area contributed by atoms with E-state index < -0.39 is 10.0 Å². The van der Waals surface area contributed by atoms with Gasteiger partial charge in [0.1, 0.15) is 5.82 Å². The predicted molar refractivity (Wildman–Crippen MR) is 95.5 cm³/mol. The lowest BCUT2D eigenvalue weighted by atomic mass is 10.2. The molecule has 0 amide bonds. The second-order valence-corrected chi connectivity index (χ2v) is 7.44. The van der Waals surface area contributed by atoms with Gasteiger partial charge >= 0.3 is 0 Å². The molecular weight excluding hydrogens is 344 g/mol. The van der Waals surface area contributed by atoms with Gasteiger partial charge < -0.3 is 0 Å². The van der Waals surface area contributed by atoms with E-state index in [2.05, 4.69) is 4.98 Å². The molecule has 0 bridgehead atoms. The van der Waals surface area contributed by atoms with E-state index in [9.17, 15) is 8.42 Å². The number of hydrogen-bond acceptors (Lipinski definition) is 3. The van der Waals surface area contributed by atoms with E-state index in [1.54, 1.807) is 36.5 Å². The molecule has 24 heavy (non-hydrogen) atoms. The minimum atomic E-state index is -3.76. The Hall–Kier alpha value is -2.37. The van der Waals surface area contributed by atoms with Gasteiger partial charge in [-0.15, -0.1) is 0 Å². The summed E-state index contributed by atoms with van der Waals surface area (Å²) in [5.41, 5.74) is 0.876. The topological polar surface area (TPSA) is 50.3 Å². The van der Waals surface area contributed by atoms with Crippen molar-refractivity contribution in [2.45, 2.75) is 11.4 Å². The predicted octanol–water partition coefficient (Wildman–Crippen LogP) is 4.13. The molecule has 0 saturated heterocycles. The Kier molecular flexibility index (Phi) is 4.83. The summed E-state index contributed by atoms with van der Waals surface area (Å²) >= 11 is 5.87. The molecule has 6 heteroatoms. The standard InChI is InChI=1S/C18H15ClN2O2S/c19-16-9-11-17(12-10-16)24(22,23)21(18-8-4-5-13-20-18)14-15-6-2-1-3-7-15/h1-13H,14H2. The zero-order valence-electron chi connectivity index (χ0n) is 12.7. The average molecular weight is 359 g/mol. The van der Waals surface area contributed by atoms with Crippen molar-refractivity contribution in [3.8, 4) is 0 Å². The van der Waals surface area contributed by atoms with Gasteiger partial charge in [-0.2, -0.15) is 0 Å². The third-order valence-corrected chi connectivity index (χ3v) is 5.49. The zero-order valence-corrected chi connectivity index (χ0v) is 14.3. The van der Waals surface area contributed by atoms with Gasteiger partial charge in [0, 0.05) is 11.2 Å². The highest BCUT2D eigenvalue weighted by Gasteiger charge is 2.26. The van der Waals surface area contributed by atoms with E-state index in [4.69, 9.17) is 11.6 Å². The summed E-state index contributed by atoms with van der Waals surface area (Å²) < 4.78 is 27.5.